The van der Waals surface area contributed by atoms with Gasteiger partial charge >= 0.3 is 0 Å². The fraction of sp³-hybridized carbons (Fsp3) is 0.250. The van der Waals surface area contributed by atoms with Crippen LogP contribution in [-0.2, 0) is 20.3 Å². The molecular weight excluding hydrogens is 475 g/mol. The zero-order chi connectivity index (χ0) is 21.1. The van der Waals surface area contributed by atoms with Crippen LogP contribution < -0.4 is 4.90 Å². The molecule has 1 saturated heterocycles. The van der Waals surface area contributed by atoms with E-state index >= 15 is 0 Å². The predicted octanol–water partition coefficient (Wildman–Crippen LogP) is 3.25. The summed E-state index contributed by atoms with van der Waals surface area (Å²) >= 11 is 3.14. The smallest absolute Gasteiger partial charge is 0.186 e. The van der Waals surface area contributed by atoms with Gasteiger partial charge in [-0.2, -0.15) is 0 Å². The van der Waals surface area contributed by atoms with E-state index in [4.69, 9.17) is 4.74 Å². The van der Waals surface area contributed by atoms with Crippen LogP contribution in [0.5, 0.6) is 0 Å². The molecule has 7 nitrogen and oxygen atoms in total. The van der Waals surface area contributed by atoms with Crippen molar-refractivity contribution in [1.29, 1.82) is 0 Å². The number of pyridine rings is 1. The van der Waals surface area contributed by atoms with Crippen LogP contribution in [0.15, 0.2) is 58.0 Å². The van der Waals surface area contributed by atoms with E-state index in [1.807, 2.05) is 4.90 Å². The molecule has 0 bridgehead atoms. The summed E-state index contributed by atoms with van der Waals surface area (Å²) in [5.74, 6) is -0.348. The lowest BCUT2D eigenvalue weighted by Gasteiger charge is -2.28. The van der Waals surface area contributed by atoms with Gasteiger partial charge in [0.15, 0.2) is 15.7 Å². The molecular formula is C20H18BrFN4O3S. The second-order valence-electron chi connectivity index (χ2n) is 6.69. The number of halogens is 2. The van der Waals surface area contributed by atoms with Gasteiger partial charge in [-0.3, -0.25) is 4.98 Å². The lowest BCUT2D eigenvalue weighted by atomic mass is 10.3. The van der Waals surface area contributed by atoms with E-state index in [0.29, 0.717) is 48.1 Å². The molecule has 0 amide bonds. The van der Waals surface area contributed by atoms with Gasteiger partial charge in [-0.05, 0) is 30.3 Å². The first-order valence-corrected chi connectivity index (χ1v) is 11.7. The minimum Gasteiger partial charge on any atom is -0.378 e. The molecule has 4 rings (SSSR count). The van der Waals surface area contributed by atoms with Gasteiger partial charge in [0.05, 0.1) is 24.7 Å². The van der Waals surface area contributed by atoms with Crippen LogP contribution in [0, 0.1) is 5.82 Å². The van der Waals surface area contributed by atoms with Crippen molar-refractivity contribution in [2.45, 2.75) is 10.6 Å². The van der Waals surface area contributed by atoms with Gasteiger partial charge in [-0.15, -0.1) is 0 Å². The number of aromatic nitrogens is 3. The van der Waals surface area contributed by atoms with Crippen LogP contribution in [0.2, 0.25) is 0 Å². The number of ether oxygens (including phenoxy) is 1. The Morgan fingerprint density at radius 1 is 1.10 bits per heavy atom. The quantitative estimate of drug-likeness (QED) is 0.540. The first-order valence-electron chi connectivity index (χ1n) is 9.22. The normalized spacial score (nSPS) is 14.7. The van der Waals surface area contributed by atoms with E-state index in [-0.39, 0.29) is 10.6 Å². The molecule has 0 atom stereocenters. The molecule has 0 saturated carbocycles. The predicted molar refractivity (Wildman–Crippen MR) is 113 cm³/mol. The standard InChI is InChI=1S/C20H18BrFN4O3S/c21-14-4-5-18(16(22)11-14)30(27,28)13-15-12-19(26-7-9-29-10-8-26)25-20(24-15)17-3-1-2-6-23-17/h1-6,11-12H,7-10,13H2. The molecule has 10 heteroatoms. The molecule has 1 fully saturated rings. The van der Waals surface area contributed by atoms with E-state index in [2.05, 4.69) is 30.9 Å². The molecule has 0 aliphatic carbocycles. The Morgan fingerprint density at radius 2 is 1.90 bits per heavy atom. The summed E-state index contributed by atoms with van der Waals surface area (Å²) < 4.78 is 46.0. The number of anilines is 1. The molecule has 0 radical (unpaired) electrons. The average Bonchev–Trinajstić information content (AvgIpc) is 2.74. The Hall–Kier alpha value is -2.43. The summed E-state index contributed by atoms with van der Waals surface area (Å²) in [6.45, 7) is 2.37. The highest BCUT2D eigenvalue weighted by Gasteiger charge is 2.23. The van der Waals surface area contributed by atoms with E-state index in [1.165, 1.54) is 12.1 Å². The maximum Gasteiger partial charge on any atom is 0.186 e. The maximum absolute atomic E-state index is 14.3. The molecule has 1 aliphatic rings. The van der Waals surface area contributed by atoms with Crippen LogP contribution in [0.3, 0.4) is 0 Å². The van der Waals surface area contributed by atoms with Gasteiger partial charge in [0, 0.05) is 29.8 Å². The third-order valence-electron chi connectivity index (χ3n) is 4.56. The van der Waals surface area contributed by atoms with Crippen molar-refractivity contribution >= 4 is 31.6 Å². The van der Waals surface area contributed by atoms with Crippen molar-refractivity contribution < 1.29 is 17.5 Å². The van der Waals surface area contributed by atoms with Gasteiger partial charge in [0.2, 0.25) is 0 Å². The fourth-order valence-electron chi connectivity index (χ4n) is 3.12. The SMILES string of the molecule is O=S(=O)(Cc1cc(N2CCOCC2)nc(-c2ccccn2)n1)c1ccc(Br)cc1F. The summed E-state index contributed by atoms with van der Waals surface area (Å²) in [5, 5.41) is 0. The monoisotopic (exact) mass is 492 g/mol. The third-order valence-corrected chi connectivity index (χ3v) is 6.73. The highest BCUT2D eigenvalue weighted by Crippen LogP contribution is 2.25. The number of sulfone groups is 1. The largest absolute Gasteiger partial charge is 0.378 e. The second-order valence-corrected chi connectivity index (χ2v) is 9.56. The summed E-state index contributed by atoms with van der Waals surface area (Å²) in [6.07, 6.45) is 1.62. The van der Waals surface area contributed by atoms with Crippen LogP contribution in [0.4, 0.5) is 10.2 Å². The Kier molecular flexibility index (Phi) is 6.07. The van der Waals surface area contributed by atoms with Crippen molar-refractivity contribution in [2.75, 3.05) is 31.2 Å². The number of hydrogen-bond acceptors (Lipinski definition) is 7. The van der Waals surface area contributed by atoms with E-state index in [9.17, 15) is 12.8 Å². The van der Waals surface area contributed by atoms with Gasteiger partial charge in [0.25, 0.3) is 0 Å². The van der Waals surface area contributed by atoms with Crippen LogP contribution in [-0.4, -0.2) is 49.7 Å². The highest BCUT2D eigenvalue weighted by molar-refractivity contribution is 9.10. The Labute approximate surface area is 182 Å². The third kappa shape index (κ3) is 4.66. The molecule has 2 aromatic heterocycles. The molecule has 0 N–H and O–H groups in total. The summed E-state index contributed by atoms with van der Waals surface area (Å²) in [4.78, 5) is 14.9. The Morgan fingerprint density at radius 3 is 2.60 bits per heavy atom. The van der Waals surface area contributed by atoms with E-state index in [0.717, 1.165) is 6.07 Å². The summed E-state index contributed by atoms with van der Waals surface area (Å²) in [6, 6.07) is 10.8. The highest BCUT2D eigenvalue weighted by atomic mass is 79.9. The molecule has 1 aromatic carbocycles. The molecule has 3 heterocycles. The zero-order valence-electron chi connectivity index (χ0n) is 15.8. The van der Waals surface area contributed by atoms with Crippen LogP contribution in [0.25, 0.3) is 11.5 Å². The van der Waals surface area contributed by atoms with Crippen molar-refractivity contribution in [2.24, 2.45) is 0 Å². The maximum atomic E-state index is 14.3. The minimum absolute atomic E-state index is 0.273. The molecule has 156 valence electrons. The topological polar surface area (TPSA) is 85.3 Å². The van der Waals surface area contributed by atoms with Crippen molar-refractivity contribution in [3.05, 3.63) is 64.6 Å². The van der Waals surface area contributed by atoms with E-state index in [1.54, 1.807) is 30.5 Å². The lowest BCUT2D eigenvalue weighted by molar-refractivity contribution is 0.122. The molecule has 3 aromatic rings. The van der Waals surface area contributed by atoms with Crippen molar-refractivity contribution in [1.82, 2.24) is 15.0 Å². The number of morpholine rings is 1. The van der Waals surface area contributed by atoms with Gasteiger partial charge in [-0.1, -0.05) is 22.0 Å². The molecule has 1 aliphatic heterocycles. The van der Waals surface area contributed by atoms with Gasteiger partial charge in [0.1, 0.15) is 22.2 Å². The number of benzene rings is 1. The van der Waals surface area contributed by atoms with Gasteiger partial charge in [-0.25, -0.2) is 22.8 Å². The Balaban J connectivity index is 1.74. The number of rotatable bonds is 5. The lowest BCUT2D eigenvalue weighted by Crippen LogP contribution is -2.37. The summed E-state index contributed by atoms with van der Waals surface area (Å²) in [7, 11) is -3.96. The Bertz CT molecular complexity index is 1160. The van der Waals surface area contributed by atoms with E-state index < -0.39 is 21.4 Å². The van der Waals surface area contributed by atoms with Crippen molar-refractivity contribution in [3.8, 4) is 11.5 Å². The molecule has 0 unspecified atom stereocenters. The first kappa shape index (κ1) is 20.8. The fourth-order valence-corrected chi connectivity index (χ4v) is 4.78. The molecule has 0 spiro atoms. The first-order chi connectivity index (χ1) is 14.4. The summed E-state index contributed by atoms with van der Waals surface area (Å²) in [5.41, 5.74) is 0.801. The van der Waals surface area contributed by atoms with Crippen LogP contribution in [0.1, 0.15) is 5.69 Å². The van der Waals surface area contributed by atoms with Gasteiger partial charge < -0.3 is 9.64 Å². The van der Waals surface area contributed by atoms with Crippen LogP contribution >= 0.6 is 15.9 Å². The second kappa shape index (κ2) is 8.75. The zero-order valence-corrected chi connectivity index (χ0v) is 18.2. The van der Waals surface area contributed by atoms with Crippen molar-refractivity contribution in [3.63, 3.8) is 0 Å². The molecule has 30 heavy (non-hydrogen) atoms. The minimum atomic E-state index is -3.96. The number of hydrogen-bond donors (Lipinski definition) is 0. The average molecular weight is 493 g/mol. The number of nitrogens with zero attached hydrogens (tertiary/aromatic N) is 4.